The molecule has 0 fully saturated rings. The Morgan fingerprint density at radius 3 is 2.74 bits per heavy atom. The molecule has 0 saturated heterocycles. The number of hydrogen-bond acceptors (Lipinski definition) is 5. The predicted molar refractivity (Wildman–Crippen MR) is 85.6 cm³/mol. The van der Waals surface area contributed by atoms with Crippen molar-refractivity contribution < 1.29 is 23.1 Å². The summed E-state index contributed by atoms with van der Waals surface area (Å²) in [6, 6.07) is 6.86. The Kier molecular flexibility index (Phi) is 4.13. The number of benzene rings is 1. The van der Waals surface area contributed by atoms with Crippen molar-refractivity contribution >= 4 is 27.3 Å². The van der Waals surface area contributed by atoms with Crippen LogP contribution in [-0.4, -0.2) is 37.5 Å². The number of carboxylic acid groups (broad SMARTS) is 1. The average molecular weight is 353 g/mol. The first-order chi connectivity index (χ1) is 10.9. The van der Waals surface area contributed by atoms with Gasteiger partial charge in [0.05, 0.1) is 12.0 Å². The van der Waals surface area contributed by atoms with Crippen molar-refractivity contribution in [3.8, 4) is 5.75 Å². The summed E-state index contributed by atoms with van der Waals surface area (Å²) in [5, 5.41) is 10.3. The number of rotatable bonds is 4. The zero-order valence-corrected chi connectivity index (χ0v) is 14.0. The van der Waals surface area contributed by atoms with Gasteiger partial charge in [0, 0.05) is 18.5 Å². The Balaban J connectivity index is 1.90. The van der Waals surface area contributed by atoms with E-state index in [1.807, 2.05) is 18.2 Å². The maximum atomic E-state index is 12.7. The van der Waals surface area contributed by atoms with Crippen LogP contribution in [0.25, 0.3) is 0 Å². The van der Waals surface area contributed by atoms with Crippen LogP contribution in [0.3, 0.4) is 0 Å². The van der Waals surface area contributed by atoms with E-state index >= 15 is 0 Å². The fraction of sp³-hybridized carbons (Fsp3) is 0.267. The molecule has 2 aromatic rings. The zero-order chi connectivity index (χ0) is 16.6. The minimum Gasteiger partial charge on any atom is -0.497 e. The molecule has 8 heteroatoms. The Hall–Kier alpha value is -1.90. The molecule has 0 unspecified atom stereocenters. The van der Waals surface area contributed by atoms with Crippen molar-refractivity contribution in [2.75, 3.05) is 13.7 Å². The van der Waals surface area contributed by atoms with Gasteiger partial charge in [-0.25, -0.2) is 13.2 Å². The quantitative estimate of drug-likeness (QED) is 0.911. The number of hydrogen-bond donors (Lipinski definition) is 1. The van der Waals surface area contributed by atoms with Crippen molar-refractivity contribution in [2.45, 2.75) is 17.9 Å². The Morgan fingerprint density at radius 2 is 2.09 bits per heavy atom. The number of thiophene rings is 1. The molecule has 0 saturated carbocycles. The van der Waals surface area contributed by atoms with Crippen LogP contribution in [0.15, 0.2) is 34.5 Å². The van der Waals surface area contributed by atoms with E-state index in [0.717, 1.165) is 22.5 Å². The second kappa shape index (κ2) is 5.95. The van der Waals surface area contributed by atoms with Gasteiger partial charge in [-0.05, 0) is 35.7 Å². The lowest BCUT2D eigenvalue weighted by Gasteiger charge is -2.28. The van der Waals surface area contributed by atoms with Crippen LogP contribution >= 0.6 is 11.3 Å². The lowest BCUT2D eigenvalue weighted by Crippen LogP contribution is -2.35. The highest BCUT2D eigenvalue weighted by molar-refractivity contribution is 7.89. The lowest BCUT2D eigenvalue weighted by molar-refractivity contribution is 0.0702. The highest BCUT2D eigenvalue weighted by Gasteiger charge is 2.29. The van der Waals surface area contributed by atoms with E-state index in [2.05, 4.69) is 0 Å². The van der Waals surface area contributed by atoms with E-state index in [4.69, 9.17) is 9.84 Å². The summed E-state index contributed by atoms with van der Waals surface area (Å²) in [6.45, 7) is 0.632. The van der Waals surface area contributed by atoms with Gasteiger partial charge < -0.3 is 9.84 Å². The molecule has 0 atom stereocenters. The summed E-state index contributed by atoms with van der Waals surface area (Å²) in [7, 11) is -2.13. The van der Waals surface area contributed by atoms with Crippen LogP contribution in [-0.2, 0) is 23.0 Å². The number of nitrogens with zero attached hydrogens (tertiary/aromatic N) is 1. The van der Waals surface area contributed by atoms with Crippen LogP contribution in [0.5, 0.6) is 5.75 Å². The van der Waals surface area contributed by atoms with Crippen molar-refractivity contribution in [3.63, 3.8) is 0 Å². The third-order valence-electron chi connectivity index (χ3n) is 3.81. The highest BCUT2D eigenvalue weighted by Crippen LogP contribution is 2.29. The second-order valence-electron chi connectivity index (χ2n) is 5.18. The van der Waals surface area contributed by atoms with Crippen LogP contribution in [0.2, 0.25) is 0 Å². The first kappa shape index (κ1) is 16.0. The van der Waals surface area contributed by atoms with Crippen molar-refractivity contribution in [1.29, 1.82) is 0 Å². The summed E-state index contributed by atoms with van der Waals surface area (Å²) in [5.41, 5.74) is 2.02. The summed E-state index contributed by atoms with van der Waals surface area (Å²) in [5.74, 6) is -0.433. The van der Waals surface area contributed by atoms with E-state index in [1.165, 1.54) is 15.8 Å². The third kappa shape index (κ3) is 2.97. The molecule has 23 heavy (non-hydrogen) atoms. The number of sulfonamides is 1. The molecule has 0 aliphatic carbocycles. The van der Waals surface area contributed by atoms with Gasteiger partial charge in [0.2, 0.25) is 10.0 Å². The van der Waals surface area contributed by atoms with Crippen LogP contribution in [0.1, 0.15) is 20.8 Å². The van der Waals surface area contributed by atoms with E-state index in [0.29, 0.717) is 18.7 Å². The van der Waals surface area contributed by atoms with Gasteiger partial charge in [0.15, 0.2) is 0 Å². The molecule has 0 spiro atoms. The monoisotopic (exact) mass is 353 g/mol. The molecule has 6 nitrogen and oxygen atoms in total. The average Bonchev–Trinajstić information content (AvgIpc) is 3.04. The molecule has 0 radical (unpaired) electrons. The van der Waals surface area contributed by atoms with Gasteiger partial charge in [-0.15, -0.1) is 11.3 Å². The molecule has 1 aromatic heterocycles. The number of aromatic carboxylic acids is 1. The first-order valence-corrected chi connectivity index (χ1v) is 9.21. The Labute approximate surface area is 138 Å². The second-order valence-corrected chi connectivity index (χ2v) is 8.02. The van der Waals surface area contributed by atoms with Crippen molar-refractivity contribution in [2.24, 2.45) is 0 Å². The summed E-state index contributed by atoms with van der Waals surface area (Å²) >= 11 is 0.915. The predicted octanol–water partition coefficient (Wildman–Crippen LogP) is 2.20. The fourth-order valence-corrected chi connectivity index (χ4v) is 5.07. The molecule has 0 amide bonds. The minimum atomic E-state index is -3.70. The van der Waals surface area contributed by atoms with Gasteiger partial charge in [0.25, 0.3) is 0 Å². The van der Waals surface area contributed by atoms with Gasteiger partial charge in [-0.2, -0.15) is 4.31 Å². The Morgan fingerprint density at radius 1 is 1.30 bits per heavy atom. The molecule has 1 N–H and O–H groups in total. The van der Waals surface area contributed by atoms with E-state index in [1.54, 1.807) is 7.11 Å². The molecule has 1 aliphatic heterocycles. The minimum absolute atomic E-state index is 0.0163. The first-order valence-electron chi connectivity index (χ1n) is 6.89. The molecule has 2 heterocycles. The molecule has 3 rings (SSSR count). The number of fused-ring (bicyclic) bond motifs is 1. The summed E-state index contributed by atoms with van der Waals surface area (Å²) in [6.07, 6.45) is 0.620. The van der Waals surface area contributed by atoms with E-state index in [9.17, 15) is 13.2 Å². The zero-order valence-electron chi connectivity index (χ0n) is 12.4. The number of methoxy groups -OCH3 is 1. The van der Waals surface area contributed by atoms with Crippen LogP contribution < -0.4 is 4.74 Å². The van der Waals surface area contributed by atoms with Crippen LogP contribution in [0.4, 0.5) is 0 Å². The van der Waals surface area contributed by atoms with Crippen LogP contribution in [0, 0.1) is 0 Å². The molecule has 122 valence electrons. The van der Waals surface area contributed by atoms with Crippen molar-refractivity contribution in [3.05, 3.63) is 45.6 Å². The van der Waals surface area contributed by atoms with Gasteiger partial charge in [-0.3, -0.25) is 0 Å². The highest BCUT2D eigenvalue weighted by atomic mass is 32.2. The summed E-state index contributed by atoms with van der Waals surface area (Å²) in [4.78, 5) is 11.0. The van der Waals surface area contributed by atoms with Gasteiger partial charge in [0.1, 0.15) is 10.6 Å². The normalized spacial score (nSPS) is 15.2. The number of carbonyl (C=O) groups is 1. The molecule has 0 bridgehead atoms. The largest absolute Gasteiger partial charge is 0.497 e. The topological polar surface area (TPSA) is 83.9 Å². The molecular formula is C15H15NO5S2. The SMILES string of the molecule is COc1ccc2c(c1)CN(S(=O)(=O)c1csc(C(=O)O)c1)CC2. The maximum Gasteiger partial charge on any atom is 0.345 e. The van der Waals surface area contributed by atoms with E-state index < -0.39 is 16.0 Å². The smallest absolute Gasteiger partial charge is 0.345 e. The standard InChI is InChI=1S/C15H15NO5S2/c1-21-12-3-2-10-4-5-16(8-11(10)6-12)23(19,20)13-7-14(15(17)18)22-9-13/h2-3,6-7,9H,4-5,8H2,1H3,(H,17,18). The van der Waals surface area contributed by atoms with Gasteiger partial charge in [-0.1, -0.05) is 6.07 Å². The number of ether oxygens (including phenoxy) is 1. The maximum absolute atomic E-state index is 12.7. The van der Waals surface area contributed by atoms with Gasteiger partial charge >= 0.3 is 5.97 Å². The lowest BCUT2D eigenvalue weighted by atomic mass is 10.0. The fourth-order valence-electron chi connectivity index (χ4n) is 2.55. The number of carboxylic acids is 1. The molecule has 1 aromatic carbocycles. The van der Waals surface area contributed by atoms with E-state index in [-0.39, 0.29) is 16.3 Å². The third-order valence-corrected chi connectivity index (χ3v) is 6.70. The summed E-state index contributed by atoms with van der Waals surface area (Å²) < 4.78 is 32.0. The Bertz CT molecular complexity index is 857. The molecule has 1 aliphatic rings. The van der Waals surface area contributed by atoms with Crippen molar-refractivity contribution in [1.82, 2.24) is 4.31 Å². The molecular weight excluding hydrogens is 338 g/mol.